The van der Waals surface area contributed by atoms with Crippen LogP contribution in [0.2, 0.25) is 0 Å². The van der Waals surface area contributed by atoms with E-state index in [-0.39, 0.29) is 29.5 Å². The van der Waals surface area contributed by atoms with Crippen LogP contribution in [0.15, 0.2) is 0 Å². The molecule has 3 saturated carbocycles. The number of carboxylic acids is 1. The fourth-order valence-electron chi connectivity index (χ4n) is 7.71. The molecule has 9 atom stereocenters. The van der Waals surface area contributed by atoms with Crippen LogP contribution in [0, 0.1) is 40.4 Å². The first kappa shape index (κ1) is 23.1. The number of hydrogen-bond acceptors (Lipinski definition) is 3. The van der Waals surface area contributed by atoms with Crippen LogP contribution in [0.4, 0.5) is 0 Å². The van der Waals surface area contributed by atoms with E-state index in [2.05, 4.69) is 27.7 Å². The summed E-state index contributed by atoms with van der Waals surface area (Å²) in [5.41, 5.74) is 0.0852. The van der Waals surface area contributed by atoms with E-state index in [1.807, 2.05) is 0 Å². The molecule has 3 aliphatic carbocycles. The molecule has 168 valence electrons. The van der Waals surface area contributed by atoms with Crippen molar-refractivity contribution in [2.75, 3.05) is 0 Å². The van der Waals surface area contributed by atoms with Gasteiger partial charge in [-0.2, -0.15) is 0 Å². The van der Waals surface area contributed by atoms with Crippen molar-refractivity contribution in [3.63, 3.8) is 0 Å². The molecule has 0 saturated heterocycles. The normalized spacial score (nSPS) is 44.8. The first-order valence-corrected chi connectivity index (χ1v) is 12.2. The van der Waals surface area contributed by atoms with E-state index in [1.54, 1.807) is 0 Å². The van der Waals surface area contributed by atoms with E-state index in [9.17, 15) is 15.0 Å². The lowest BCUT2D eigenvalue weighted by Gasteiger charge is -2.54. The second kappa shape index (κ2) is 8.86. The van der Waals surface area contributed by atoms with Crippen LogP contribution in [0.3, 0.4) is 0 Å². The fraction of sp³-hybridized carbons (Fsp3) is 0.960. The Bertz CT molecular complexity index is 577. The summed E-state index contributed by atoms with van der Waals surface area (Å²) in [7, 11) is 0. The molecule has 0 aliphatic heterocycles. The number of fused-ring (bicyclic) bond motifs is 1. The number of aliphatic hydroxyl groups excluding tert-OH is 2. The zero-order chi connectivity index (χ0) is 21.4. The second-order valence-corrected chi connectivity index (χ2v) is 11.4. The molecule has 0 amide bonds. The first-order chi connectivity index (χ1) is 13.6. The van der Waals surface area contributed by atoms with Crippen molar-refractivity contribution in [2.45, 2.75) is 111 Å². The minimum atomic E-state index is -0.724. The Labute approximate surface area is 177 Å². The maximum atomic E-state index is 11.6. The molecule has 4 nitrogen and oxygen atoms in total. The summed E-state index contributed by atoms with van der Waals surface area (Å²) in [6.07, 6.45) is 10.1. The maximum Gasteiger partial charge on any atom is 0.303 e. The zero-order valence-corrected chi connectivity index (χ0v) is 19.1. The van der Waals surface area contributed by atoms with Gasteiger partial charge in [0.15, 0.2) is 0 Å². The Balaban J connectivity index is 1.76. The van der Waals surface area contributed by atoms with E-state index in [0.29, 0.717) is 36.0 Å². The second-order valence-electron chi connectivity index (χ2n) is 11.4. The van der Waals surface area contributed by atoms with Gasteiger partial charge in [-0.05, 0) is 91.8 Å². The van der Waals surface area contributed by atoms with Crippen LogP contribution in [-0.4, -0.2) is 33.5 Å². The Kier molecular flexibility index (Phi) is 7.05. The van der Waals surface area contributed by atoms with Gasteiger partial charge in [-0.15, -0.1) is 0 Å². The third kappa shape index (κ3) is 4.39. The SMILES string of the molecule is C[C@H](CCC(=O)O)[C@H]1CC[C@@H](C)[C@]1(C)[C@@H](O)C[C@H]1C[C@@H](O)C[C@@H]2CCCC[C@]12C. The van der Waals surface area contributed by atoms with Crippen molar-refractivity contribution in [1.82, 2.24) is 0 Å². The van der Waals surface area contributed by atoms with E-state index < -0.39 is 5.97 Å². The molecule has 0 heterocycles. The lowest BCUT2D eigenvalue weighted by molar-refractivity contribution is -0.137. The predicted molar refractivity (Wildman–Crippen MR) is 115 cm³/mol. The molecule has 3 N–H and O–H groups in total. The quantitative estimate of drug-likeness (QED) is 0.537. The van der Waals surface area contributed by atoms with Gasteiger partial charge in [0.2, 0.25) is 0 Å². The highest BCUT2D eigenvalue weighted by Crippen LogP contribution is 2.58. The molecule has 3 aliphatic rings. The Morgan fingerprint density at radius 3 is 2.55 bits per heavy atom. The minimum Gasteiger partial charge on any atom is -0.481 e. The number of carbonyl (C=O) groups is 1. The molecular formula is C25H44O4. The highest BCUT2D eigenvalue weighted by Gasteiger charge is 2.54. The van der Waals surface area contributed by atoms with Gasteiger partial charge < -0.3 is 15.3 Å². The number of aliphatic hydroxyl groups is 2. The molecule has 3 rings (SSSR count). The molecule has 0 aromatic carbocycles. The predicted octanol–water partition coefficient (Wildman–Crippen LogP) is 5.26. The average molecular weight is 409 g/mol. The Morgan fingerprint density at radius 2 is 1.86 bits per heavy atom. The number of aliphatic carboxylic acids is 1. The molecule has 0 aromatic heterocycles. The molecule has 0 bridgehead atoms. The molecule has 0 unspecified atom stereocenters. The molecule has 0 radical (unpaired) electrons. The monoisotopic (exact) mass is 408 g/mol. The van der Waals surface area contributed by atoms with Crippen LogP contribution in [0.25, 0.3) is 0 Å². The van der Waals surface area contributed by atoms with Gasteiger partial charge in [0.25, 0.3) is 0 Å². The molecule has 29 heavy (non-hydrogen) atoms. The van der Waals surface area contributed by atoms with E-state index >= 15 is 0 Å². The fourth-order valence-corrected chi connectivity index (χ4v) is 7.71. The van der Waals surface area contributed by atoms with Crippen molar-refractivity contribution in [3.05, 3.63) is 0 Å². The third-order valence-electron chi connectivity index (χ3n) is 9.99. The summed E-state index contributed by atoms with van der Waals surface area (Å²) in [6.45, 7) is 9.14. The van der Waals surface area contributed by atoms with Crippen LogP contribution in [0.5, 0.6) is 0 Å². The highest BCUT2D eigenvalue weighted by atomic mass is 16.4. The largest absolute Gasteiger partial charge is 0.481 e. The Morgan fingerprint density at radius 1 is 1.14 bits per heavy atom. The Hall–Kier alpha value is -0.610. The summed E-state index contributed by atoms with van der Waals surface area (Å²) in [6, 6.07) is 0. The smallest absolute Gasteiger partial charge is 0.303 e. The maximum absolute atomic E-state index is 11.6. The van der Waals surface area contributed by atoms with E-state index in [4.69, 9.17) is 5.11 Å². The molecular weight excluding hydrogens is 364 g/mol. The standard InChI is InChI=1S/C25H44O4/c1-16(8-11-23(28)29)21-10-9-17(2)25(21,4)22(27)15-19-14-20(26)13-18-7-5-6-12-24(18,19)3/h16-22,26-27H,5-15H2,1-4H3,(H,28,29)/t16-,17-,18+,19-,20+,21-,22+,24+,25+/m1/s1. The van der Waals surface area contributed by atoms with Gasteiger partial charge in [-0.3, -0.25) is 4.79 Å². The van der Waals surface area contributed by atoms with Crippen molar-refractivity contribution in [3.8, 4) is 0 Å². The summed E-state index contributed by atoms with van der Waals surface area (Å²) in [5, 5.41) is 31.3. The van der Waals surface area contributed by atoms with Gasteiger partial charge in [0.05, 0.1) is 12.2 Å². The average Bonchev–Trinajstić information content (AvgIpc) is 2.96. The molecule has 0 spiro atoms. The number of rotatable bonds is 7. The van der Waals surface area contributed by atoms with Crippen LogP contribution < -0.4 is 0 Å². The number of carboxylic acid groups (broad SMARTS) is 1. The van der Waals surface area contributed by atoms with Crippen LogP contribution in [0.1, 0.15) is 98.3 Å². The van der Waals surface area contributed by atoms with Crippen LogP contribution in [-0.2, 0) is 4.79 Å². The summed E-state index contributed by atoms with van der Waals surface area (Å²) in [5.74, 6) is 1.37. The van der Waals surface area contributed by atoms with Crippen LogP contribution >= 0.6 is 0 Å². The lowest BCUT2D eigenvalue weighted by atomic mass is 9.52. The van der Waals surface area contributed by atoms with Gasteiger partial charge in [0.1, 0.15) is 0 Å². The topological polar surface area (TPSA) is 77.8 Å². The van der Waals surface area contributed by atoms with Gasteiger partial charge in [0, 0.05) is 6.42 Å². The molecule has 3 fully saturated rings. The number of hydrogen-bond donors (Lipinski definition) is 3. The zero-order valence-electron chi connectivity index (χ0n) is 19.1. The van der Waals surface area contributed by atoms with Crippen molar-refractivity contribution in [1.29, 1.82) is 0 Å². The molecule has 4 heteroatoms. The van der Waals surface area contributed by atoms with Crippen molar-refractivity contribution < 1.29 is 20.1 Å². The van der Waals surface area contributed by atoms with Gasteiger partial charge in [-0.1, -0.05) is 40.5 Å². The summed E-state index contributed by atoms with van der Waals surface area (Å²) < 4.78 is 0. The summed E-state index contributed by atoms with van der Waals surface area (Å²) >= 11 is 0. The van der Waals surface area contributed by atoms with Gasteiger partial charge >= 0.3 is 5.97 Å². The van der Waals surface area contributed by atoms with E-state index in [1.165, 1.54) is 25.7 Å². The first-order valence-electron chi connectivity index (χ1n) is 12.2. The minimum absolute atomic E-state index is 0.166. The van der Waals surface area contributed by atoms with E-state index in [0.717, 1.165) is 32.1 Å². The van der Waals surface area contributed by atoms with Crippen molar-refractivity contribution in [2.24, 2.45) is 40.4 Å². The highest BCUT2D eigenvalue weighted by molar-refractivity contribution is 5.66. The molecule has 0 aromatic rings. The van der Waals surface area contributed by atoms with Crippen molar-refractivity contribution >= 4 is 5.97 Å². The van der Waals surface area contributed by atoms with Gasteiger partial charge in [-0.25, -0.2) is 0 Å². The lowest BCUT2D eigenvalue weighted by Crippen LogP contribution is -2.49. The summed E-state index contributed by atoms with van der Waals surface area (Å²) in [4.78, 5) is 11.1. The third-order valence-corrected chi connectivity index (χ3v) is 9.99.